The summed E-state index contributed by atoms with van der Waals surface area (Å²) >= 11 is 0. The number of hydrogen-bond donors (Lipinski definition) is 0. The van der Waals surface area contributed by atoms with E-state index in [0.29, 0.717) is 17.6 Å². The molecule has 344 valence electrons. The van der Waals surface area contributed by atoms with E-state index in [1.165, 1.54) is 59.8 Å². The third kappa shape index (κ3) is 6.68. The van der Waals surface area contributed by atoms with Crippen molar-refractivity contribution in [2.45, 2.75) is 0 Å². The van der Waals surface area contributed by atoms with Crippen molar-refractivity contribution < 1.29 is 0 Å². The summed E-state index contributed by atoms with van der Waals surface area (Å²) in [6.45, 7) is 0. The lowest BCUT2D eigenvalue weighted by molar-refractivity contribution is 0.953. The fraction of sp³-hybridized carbons (Fsp3) is 0. The number of para-hydroxylation sites is 2. The minimum Gasteiger partial charge on any atom is -0.309 e. The average Bonchev–Trinajstić information content (AvgIpc) is 4.05. The molecule has 0 radical (unpaired) electrons. The fourth-order valence-electron chi connectivity index (χ4n) is 11.6. The predicted molar refractivity (Wildman–Crippen MR) is 308 cm³/mol. The van der Waals surface area contributed by atoms with Crippen molar-refractivity contribution in [1.82, 2.24) is 24.1 Å². The van der Waals surface area contributed by atoms with Gasteiger partial charge in [0.2, 0.25) is 5.95 Å². The quantitative estimate of drug-likeness (QED) is 0.150. The second-order valence-corrected chi connectivity index (χ2v) is 19.1. The van der Waals surface area contributed by atoms with Gasteiger partial charge in [-0.3, -0.25) is 4.57 Å². The van der Waals surface area contributed by atoms with Crippen LogP contribution in [-0.4, -0.2) is 24.1 Å². The van der Waals surface area contributed by atoms with Crippen LogP contribution in [0.3, 0.4) is 0 Å². The lowest BCUT2D eigenvalue weighted by Crippen LogP contribution is -2.06. The largest absolute Gasteiger partial charge is 0.309 e. The molecule has 0 fully saturated rings. The fourth-order valence-corrected chi connectivity index (χ4v) is 11.6. The van der Waals surface area contributed by atoms with Crippen LogP contribution in [0, 0.1) is 0 Å². The molecular formula is C69H43N5. The molecular weight excluding hydrogens is 899 g/mol. The highest BCUT2D eigenvalue weighted by Crippen LogP contribution is 2.43. The van der Waals surface area contributed by atoms with E-state index >= 15 is 0 Å². The normalized spacial score (nSPS) is 11.8. The molecule has 0 amide bonds. The topological polar surface area (TPSA) is 48.5 Å². The SMILES string of the molecule is c1ccc(-c2cccc(-c3cccc(-c4nc(-c5ccccc5)nc(-n5c6ccccc6c6c5ccc5c7ccccc7n(-c7cccc(-c8ccc9c%10ccccc%10c%10ccccc%10c9c8)c7)c56)n4)c3)c2)cc1. The summed E-state index contributed by atoms with van der Waals surface area (Å²) < 4.78 is 4.69. The van der Waals surface area contributed by atoms with Crippen molar-refractivity contribution in [2.24, 2.45) is 0 Å². The van der Waals surface area contributed by atoms with E-state index in [2.05, 4.69) is 252 Å². The number of nitrogens with zero attached hydrogens (tertiary/aromatic N) is 5. The maximum absolute atomic E-state index is 5.41. The lowest BCUT2D eigenvalue weighted by atomic mass is 9.92. The van der Waals surface area contributed by atoms with Crippen LogP contribution in [0.4, 0.5) is 0 Å². The van der Waals surface area contributed by atoms with E-state index in [1.807, 2.05) is 18.2 Å². The highest BCUT2D eigenvalue weighted by molar-refractivity contribution is 6.27. The number of fused-ring (bicyclic) bond motifs is 13. The molecule has 74 heavy (non-hydrogen) atoms. The van der Waals surface area contributed by atoms with Gasteiger partial charge in [-0.15, -0.1) is 0 Å². The molecule has 0 atom stereocenters. The Morgan fingerprint density at radius 3 is 1.35 bits per heavy atom. The van der Waals surface area contributed by atoms with Gasteiger partial charge in [0.25, 0.3) is 0 Å². The van der Waals surface area contributed by atoms with E-state index in [0.717, 1.165) is 66.3 Å². The van der Waals surface area contributed by atoms with Gasteiger partial charge in [-0.2, -0.15) is 9.97 Å². The third-order valence-electron chi connectivity index (χ3n) is 14.9. The monoisotopic (exact) mass is 941 g/mol. The maximum Gasteiger partial charge on any atom is 0.238 e. The summed E-state index contributed by atoms with van der Waals surface area (Å²) in [5, 5.41) is 12.2. The van der Waals surface area contributed by atoms with Crippen molar-refractivity contribution in [2.75, 3.05) is 0 Å². The first-order chi connectivity index (χ1) is 36.7. The highest BCUT2D eigenvalue weighted by Gasteiger charge is 2.23. The van der Waals surface area contributed by atoms with Crippen LogP contribution in [-0.2, 0) is 0 Å². The van der Waals surface area contributed by atoms with Gasteiger partial charge >= 0.3 is 0 Å². The zero-order valence-corrected chi connectivity index (χ0v) is 40.1. The molecule has 5 nitrogen and oxygen atoms in total. The van der Waals surface area contributed by atoms with Crippen molar-refractivity contribution in [3.8, 4) is 67.8 Å². The zero-order valence-electron chi connectivity index (χ0n) is 40.1. The van der Waals surface area contributed by atoms with Crippen molar-refractivity contribution in [3.63, 3.8) is 0 Å². The van der Waals surface area contributed by atoms with E-state index in [9.17, 15) is 0 Å². The van der Waals surface area contributed by atoms with Gasteiger partial charge in [0.1, 0.15) is 0 Å². The zero-order chi connectivity index (χ0) is 48.7. The Morgan fingerprint density at radius 1 is 0.230 bits per heavy atom. The van der Waals surface area contributed by atoms with Crippen LogP contribution in [0.2, 0.25) is 0 Å². The molecule has 3 heterocycles. The molecule has 0 aliphatic heterocycles. The Hall–Kier alpha value is -9.97. The molecule has 0 aliphatic carbocycles. The molecule has 0 spiro atoms. The van der Waals surface area contributed by atoms with E-state index < -0.39 is 0 Å². The smallest absolute Gasteiger partial charge is 0.238 e. The van der Waals surface area contributed by atoms with Crippen molar-refractivity contribution in [1.29, 1.82) is 0 Å². The van der Waals surface area contributed by atoms with Crippen molar-refractivity contribution in [3.05, 3.63) is 261 Å². The second kappa shape index (κ2) is 16.8. The molecule has 0 N–H and O–H groups in total. The minimum absolute atomic E-state index is 0.553. The van der Waals surface area contributed by atoms with Gasteiger partial charge in [-0.1, -0.05) is 212 Å². The summed E-state index contributed by atoms with van der Waals surface area (Å²) in [7, 11) is 0. The first-order valence-corrected chi connectivity index (χ1v) is 25.2. The summed E-state index contributed by atoms with van der Waals surface area (Å²) in [5.41, 5.74) is 14.1. The van der Waals surface area contributed by atoms with E-state index in [-0.39, 0.29) is 0 Å². The van der Waals surface area contributed by atoms with Crippen LogP contribution in [0.15, 0.2) is 261 Å². The molecule has 0 saturated heterocycles. The number of rotatable bonds is 7. The molecule has 15 rings (SSSR count). The minimum atomic E-state index is 0.553. The number of hydrogen-bond acceptors (Lipinski definition) is 3. The molecule has 5 heteroatoms. The summed E-state index contributed by atoms with van der Waals surface area (Å²) in [5.74, 6) is 1.76. The molecule has 0 saturated carbocycles. The molecule has 0 bridgehead atoms. The molecule has 0 aliphatic rings. The Bertz CT molecular complexity index is 4690. The summed E-state index contributed by atoms with van der Waals surface area (Å²) in [4.78, 5) is 16.0. The Morgan fingerprint density at radius 2 is 0.676 bits per heavy atom. The first-order valence-electron chi connectivity index (χ1n) is 25.2. The standard InChI is InChI=1S/C69H43N5/c1-3-18-44(19-4-1)46-22-15-23-47(40-46)48-24-16-26-51(41-48)68-70-67(45-20-5-2-6-21-45)71-69(72-68)74-63-35-14-12-33-60(63)65-64(74)39-38-59-58-32-11-13-34-62(58)73(66(59)65)52-27-17-25-49(42-52)50-36-37-57-55-30-8-7-28-53(55)54-29-9-10-31-56(54)61(57)43-50/h1-43H. The molecule has 12 aromatic carbocycles. The van der Waals surface area contributed by atoms with Crippen LogP contribution >= 0.6 is 0 Å². The van der Waals surface area contributed by atoms with Crippen LogP contribution in [0.1, 0.15) is 0 Å². The van der Waals surface area contributed by atoms with Gasteiger partial charge in [-0.05, 0) is 114 Å². The highest BCUT2D eigenvalue weighted by atomic mass is 15.2. The number of aromatic nitrogens is 5. The van der Waals surface area contributed by atoms with Crippen molar-refractivity contribution >= 4 is 75.9 Å². The molecule has 3 aromatic heterocycles. The Balaban J connectivity index is 0.930. The average molecular weight is 942 g/mol. The molecule has 15 aromatic rings. The summed E-state index contributed by atoms with van der Waals surface area (Å²) in [6.07, 6.45) is 0. The predicted octanol–water partition coefficient (Wildman–Crippen LogP) is 17.9. The van der Waals surface area contributed by atoms with Crippen LogP contribution < -0.4 is 0 Å². The van der Waals surface area contributed by atoms with Gasteiger partial charge < -0.3 is 4.57 Å². The van der Waals surface area contributed by atoms with E-state index in [1.54, 1.807) is 0 Å². The second-order valence-electron chi connectivity index (χ2n) is 19.1. The van der Waals surface area contributed by atoms with E-state index in [4.69, 9.17) is 15.0 Å². The van der Waals surface area contributed by atoms with Gasteiger partial charge in [0.15, 0.2) is 11.6 Å². The number of benzene rings is 12. The van der Waals surface area contributed by atoms with Gasteiger partial charge in [0, 0.05) is 38.4 Å². The van der Waals surface area contributed by atoms with Crippen LogP contribution in [0.5, 0.6) is 0 Å². The first kappa shape index (κ1) is 41.8. The molecule has 0 unspecified atom stereocenters. The third-order valence-corrected chi connectivity index (χ3v) is 14.9. The Labute approximate surface area is 426 Å². The summed E-state index contributed by atoms with van der Waals surface area (Å²) in [6, 6.07) is 93.6. The van der Waals surface area contributed by atoms with Crippen LogP contribution in [0.25, 0.3) is 144 Å². The maximum atomic E-state index is 5.41. The van der Waals surface area contributed by atoms with Gasteiger partial charge in [0.05, 0.1) is 22.1 Å². The lowest BCUT2D eigenvalue weighted by Gasteiger charge is -2.14. The Kier molecular flexibility index (Phi) is 9.50. The van der Waals surface area contributed by atoms with Gasteiger partial charge in [-0.25, -0.2) is 4.98 Å².